The van der Waals surface area contributed by atoms with E-state index in [1.807, 2.05) is 0 Å². The van der Waals surface area contributed by atoms with Crippen LogP contribution in [0.5, 0.6) is 0 Å². The third-order valence-corrected chi connectivity index (χ3v) is 3.31. The molecule has 1 heterocycles. The maximum Gasteiger partial charge on any atom is 0.0459 e. The molecule has 0 unspecified atom stereocenters. The van der Waals surface area contributed by atoms with Crippen LogP contribution in [0.2, 0.25) is 0 Å². The highest BCUT2D eigenvalue weighted by Crippen LogP contribution is 2.24. The highest BCUT2D eigenvalue weighted by molar-refractivity contribution is 5.85. The van der Waals surface area contributed by atoms with Crippen LogP contribution >= 0.6 is 0 Å². The fourth-order valence-electron chi connectivity index (χ4n) is 2.37. The highest BCUT2D eigenvalue weighted by Gasteiger charge is 2.07. The summed E-state index contributed by atoms with van der Waals surface area (Å²) >= 11 is 0. The average molecular weight is 215 g/mol. The summed E-state index contributed by atoms with van der Waals surface area (Å²) in [4.78, 5) is 3.48. The van der Waals surface area contributed by atoms with E-state index in [2.05, 4.69) is 44.0 Å². The van der Waals surface area contributed by atoms with E-state index in [1.54, 1.807) is 0 Å². The van der Waals surface area contributed by atoms with Crippen LogP contribution in [0, 0.1) is 13.8 Å². The van der Waals surface area contributed by atoms with Gasteiger partial charge in [-0.05, 0) is 44.4 Å². The molecular formula is C15H21N. The molecule has 86 valence electrons. The smallest absolute Gasteiger partial charge is 0.0459 e. The minimum Gasteiger partial charge on any atom is -0.358 e. The van der Waals surface area contributed by atoms with Gasteiger partial charge in [0.1, 0.15) is 0 Å². The number of hydrogen-bond donors (Lipinski definition) is 1. The summed E-state index contributed by atoms with van der Waals surface area (Å²) in [7, 11) is 0. The minimum atomic E-state index is 1.21. The summed E-state index contributed by atoms with van der Waals surface area (Å²) < 4.78 is 0. The van der Waals surface area contributed by atoms with Crippen LogP contribution < -0.4 is 0 Å². The molecule has 0 amide bonds. The number of fused-ring (bicyclic) bond motifs is 1. The van der Waals surface area contributed by atoms with Gasteiger partial charge in [0.05, 0.1) is 0 Å². The molecule has 0 atom stereocenters. The summed E-state index contributed by atoms with van der Waals surface area (Å²) in [5.41, 5.74) is 5.50. The van der Waals surface area contributed by atoms with Crippen molar-refractivity contribution in [2.45, 2.75) is 46.5 Å². The van der Waals surface area contributed by atoms with Crippen LogP contribution in [0.3, 0.4) is 0 Å². The van der Waals surface area contributed by atoms with Crippen molar-refractivity contribution in [1.82, 2.24) is 4.98 Å². The first-order chi connectivity index (χ1) is 7.72. The lowest BCUT2D eigenvalue weighted by Crippen LogP contribution is -1.87. The summed E-state index contributed by atoms with van der Waals surface area (Å²) in [6.45, 7) is 6.61. The number of nitrogens with one attached hydrogen (secondary N) is 1. The van der Waals surface area contributed by atoms with E-state index in [9.17, 15) is 0 Å². The SMILES string of the molecule is CCCCCc1c(C)[nH]c2ccc(C)cc12. The molecule has 2 rings (SSSR count). The Morgan fingerprint density at radius 2 is 1.94 bits per heavy atom. The van der Waals surface area contributed by atoms with Gasteiger partial charge in [-0.15, -0.1) is 0 Å². The molecule has 0 spiro atoms. The molecule has 0 saturated heterocycles. The highest BCUT2D eigenvalue weighted by atomic mass is 14.7. The van der Waals surface area contributed by atoms with Gasteiger partial charge in [0.15, 0.2) is 0 Å². The maximum atomic E-state index is 3.48. The van der Waals surface area contributed by atoms with Crippen LogP contribution in [0.25, 0.3) is 10.9 Å². The lowest BCUT2D eigenvalue weighted by Gasteiger charge is -2.01. The molecule has 1 N–H and O–H groups in total. The fourth-order valence-corrected chi connectivity index (χ4v) is 2.37. The molecule has 2 aromatic rings. The zero-order valence-electron chi connectivity index (χ0n) is 10.6. The van der Waals surface area contributed by atoms with Crippen molar-refractivity contribution in [2.24, 2.45) is 0 Å². The van der Waals surface area contributed by atoms with Gasteiger partial charge in [-0.1, -0.05) is 31.4 Å². The first-order valence-corrected chi connectivity index (χ1v) is 6.30. The van der Waals surface area contributed by atoms with Gasteiger partial charge in [0, 0.05) is 16.6 Å². The molecule has 16 heavy (non-hydrogen) atoms. The van der Waals surface area contributed by atoms with E-state index in [-0.39, 0.29) is 0 Å². The fraction of sp³-hybridized carbons (Fsp3) is 0.467. The molecule has 1 aromatic carbocycles. The largest absolute Gasteiger partial charge is 0.358 e. The predicted octanol–water partition coefficient (Wildman–Crippen LogP) is 4.52. The van der Waals surface area contributed by atoms with E-state index in [0.717, 1.165) is 0 Å². The summed E-state index contributed by atoms with van der Waals surface area (Å²) in [5, 5.41) is 1.42. The Labute approximate surface area is 97.9 Å². The van der Waals surface area contributed by atoms with Crippen LogP contribution in [0.4, 0.5) is 0 Å². The van der Waals surface area contributed by atoms with E-state index in [4.69, 9.17) is 0 Å². The molecule has 0 saturated carbocycles. The Hall–Kier alpha value is -1.24. The van der Waals surface area contributed by atoms with Crippen molar-refractivity contribution < 1.29 is 0 Å². The lowest BCUT2D eigenvalue weighted by atomic mass is 10.0. The first kappa shape index (κ1) is 11.3. The van der Waals surface area contributed by atoms with Gasteiger partial charge < -0.3 is 4.98 Å². The lowest BCUT2D eigenvalue weighted by molar-refractivity contribution is 0.717. The Bertz CT molecular complexity index is 479. The second-order valence-electron chi connectivity index (χ2n) is 4.73. The predicted molar refractivity (Wildman–Crippen MR) is 71.0 cm³/mol. The van der Waals surface area contributed by atoms with Gasteiger partial charge >= 0.3 is 0 Å². The maximum absolute atomic E-state index is 3.48. The van der Waals surface area contributed by atoms with Crippen molar-refractivity contribution in [2.75, 3.05) is 0 Å². The number of benzene rings is 1. The van der Waals surface area contributed by atoms with Crippen molar-refractivity contribution in [3.63, 3.8) is 0 Å². The van der Waals surface area contributed by atoms with E-state index >= 15 is 0 Å². The van der Waals surface area contributed by atoms with E-state index in [0.29, 0.717) is 0 Å². The normalized spacial score (nSPS) is 11.2. The number of aromatic nitrogens is 1. The number of unbranched alkanes of at least 4 members (excludes halogenated alkanes) is 2. The van der Waals surface area contributed by atoms with Gasteiger partial charge in [0.2, 0.25) is 0 Å². The Kier molecular flexibility index (Phi) is 3.33. The quantitative estimate of drug-likeness (QED) is 0.722. The monoisotopic (exact) mass is 215 g/mol. The molecule has 0 fully saturated rings. The second-order valence-corrected chi connectivity index (χ2v) is 4.73. The van der Waals surface area contributed by atoms with E-state index < -0.39 is 0 Å². The van der Waals surface area contributed by atoms with Gasteiger partial charge in [-0.25, -0.2) is 0 Å². The molecule has 0 radical (unpaired) electrons. The summed E-state index contributed by atoms with van der Waals surface area (Å²) in [5.74, 6) is 0. The van der Waals surface area contributed by atoms with E-state index in [1.165, 1.54) is 53.4 Å². The molecule has 0 aliphatic carbocycles. The Balaban J connectivity index is 2.34. The Morgan fingerprint density at radius 1 is 1.12 bits per heavy atom. The molecule has 1 nitrogen and oxygen atoms in total. The number of hydrogen-bond acceptors (Lipinski definition) is 0. The van der Waals surface area contributed by atoms with Crippen LogP contribution in [-0.4, -0.2) is 4.98 Å². The molecule has 0 aliphatic rings. The molecule has 1 aromatic heterocycles. The van der Waals surface area contributed by atoms with Crippen molar-refractivity contribution in [3.8, 4) is 0 Å². The van der Waals surface area contributed by atoms with Crippen molar-refractivity contribution in [3.05, 3.63) is 35.0 Å². The number of rotatable bonds is 4. The number of aromatic amines is 1. The number of aryl methyl sites for hydroxylation is 3. The Morgan fingerprint density at radius 3 is 2.69 bits per heavy atom. The second kappa shape index (κ2) is 4.73. The molecule has 0 bridgehead atoms. The van der Waals surface area contributed by atoms with Crippen molar-refractivity contribution in [1.29, 1.82) is 0 Å². The third-order valence-electron chi connectivity index (χ3n) is 3.31. The molecular weight excluding hydrogens is 194 g/mol. The van der Waals surface area contributed by atoms with Crippen LogP contribution in [0.15, 0.2) is 18.2 Å². The first-order valence-electron chi connectivity index (χ1n) is 6.30. The van der Waals surface area contributed by atoms with Gasteiger partial charge in [-0.3, -0.25) is 0 Å². The van der Waals surface area contributed by atoms with Crippen molar-refractivity contribution >= 4 is 10.9 Å². The van der Waals surface area contributed by atoms with Gasteiger partial charge in [0.25, 0.3) is 0 Å². The molecule has 0 aliphatic heterocycles. The molecule has 1 heteroatoms. The average Bonchev–Trinajstić information content (AvgIpc) is 2.56. The topological polar surface area (TPSA) is 15.8 Å². The summed E-state index contributed by atoms with van der Waals surface area (Å²) in [6.07, 6.45) is 5.14. The zero-order chi connectivity index (χ0) is 11.5. The third kappa shape index (κ3) is 2.13. The zero-order valence-corrected chi connectivity index (χ0v) is 10.6. The summed E-state index contributed by atoms with van der Waals surface area (Å²) in [6, 6.07) is 6.68. The standard InChI is InChI=1S/C15H21N/c1-4-5-6-7-13-12(3)16-15-9-8-11(2)10-14(13)15/h8-10,16H,4-7H2,1-3H3. The van der Waals surface area contributed by atoms with Gasteiger partial charge in [-0.2, -0.15) is 0 Å². The van der Waals surface area contributed by atoms with Crippen LogP contribution in [0.1, 0.15) is 43.0 Å². The minimum absolute atomic E-state index is 1.21. The van der Waals surface area contributed by atoms with Crippen LogP contribution in [-0.2, 0) is 6.42 Å². The number of H-pyrrole nitrogens is 1.